The lowest BCUT2D eigenvalue weighted by Gasteiger charge is -2.20. The van der Waals surface area contributed by atoms with Crippen LogP contribution in [0.2, 0.25) is 0 Å². The molecule has 0 saturated heterocycles. The van der Waals surface area contributed by atoms with Crippen molar-refractivity contribution in [2.45, 2.75) is 32.6 Å². The quantitative estimate of drug-likeness (QED) is 0.261. The molecule has 0 fully saturated rings. The van der Waals surface area contributed by atoms with Gasteiger partial charge in [0.1, 0.15) is 5.69 Å². The Balaban J connectivity index is 1.60. The summed E-state index contributed by atoms with van der Waals surface area (Å²) in [6.45, 7) is 6.49. The van der Waals surface area contributed by atoms with Crippen molar-refractivity contribution in [1.82, 2.24) is 9.78 Å². The predicted octanol–water partition coefficient (Wildman–Crippen LogP) is 5.70. The monoisotopic (exact) mass is 474 g/mol. The molecule has 1 aromatic heterocycles. The summed E-state index contributed by atoms with van der Waals surface area (Å²) >= 11 is 0. The Morgan fingerprint density at radius 2 is 1.67 bits per heavy atom. The first-order valence-corrected chi connectivity index (χ1v) is 11.9. The molecule has 5 rings (SSSR count). The van der Waals surface area contributed by atoms with Crippen molar-refractivity contribution in [3.8, 4) is 23.0 Å². The standard InChI is InChI=1S/C30H26N4O2/c1-30(2,3)20-15-14-19-16-24-26(28(35)25(18-31)29(36)32-21-10-6-4-7-11-21)33-34(27(24)23(19)17-20)22-12-8-5-9-13-22/h4-15,17,25H,16H2,1-3H3,(H,32,36). The van der Waals surface area contributed by atoms with Crippen LogP contribution in [0.25, 0.3) is 16.9 Å². The first-order valence-electron chi connectivity index (χ1n) is 11.9. The van der Waals surface area contributed by atoms with E-state index in [1.54, 1.807) is 28.9 Å². The van der Waals surface area contributed by atoms with Crippen molar-refractivity contribution >= 4 is 17.4 Å². The molecular formula is C30H26N4O2. The topological polar surface area (TPSA) is 87.8 Å². The third-order valence-electron chi connectivity index (χ3n) is 6.51. The van der Waals surface area contributed by atoms with E-state index in [2.05, 4.69) is 49.4 Å². The molecule has 6 heteroatoms. The second kappa shape index (κ2) is 8.94. The number of aromatic nitrogens is 2. The van der Waals surface area contributed by atoms with Gasteiger partial charge in [-0.05, 0) is 46.9 Å². The highest BCUT2D eigenvalue weighted by atomic mass is 16.2. The zero-order chi connectivity index (χ0) is 25.4. The van der Waals surface area contributed by atoms with Crippen molar-refractivity contribution in [1.29, 1.82) is 5.26 Å². The number of fused-ring (bicyclic) bond motifs is 3. The Kier molecular flexibility index (Phi) is 5.77. The Morgan fingerprint density at radius 1 is 1.00 bits per heavy atom. The van der Waals surface area contributed by atoms with E-state index in [0.29, 0.717) is 12.1 Å². The van der Waals surface area contributed by atoms with Crippen LogP contribution in [-0.2, 0) is 16.6 Å². The lowest BCUT2D eigenvalue weighted by Crippen LogP contribution is -2.29. The second-order valence-electron chi connectivity index (χ2n) is 10.0. The van der Waals surface area contributed by atoms with Gasteiger partial charge in [0.25, 0.3) is 0 Å². The number of anilines is 1. The summed E-state index contributed by atoms with van der Waals surface area (Å²) in [5.41, 5.74) is 6.34. The fraction of sp³-hybridized carbons (Fsp3) is 0.200. The molecule has 6 nitrogen and oxygen atoms in total. The fourth-order valence-electron chi connectivity index (χ4n) is 4.57. The molecule has 1 amide bonds. The minimum Gasteiger partial charge on any atom is -0.325 e. The number of para-hydroxylation sites is 2. The summed E-state index contributed by atoms with van der Waals surface area (Å²) in [6, 6.07) is 26.7. The van der Waals surface area contributed by atoms with Crippen molar-refractivity contribution in [2.75, 3.05) is 5.32 Å². The second-order valence-corrected chi connectivity index (χ2v) is 10.0. The van der Waals surface area contributed by atoms with Gasteiger partial charge in [-0.1, -0.05) is 69.3 Å². The molecule has 0 saturated carbocycles. The Morgan fingerprint density at radius 3 is 2.31 bits per heavy atom. The van der Waals surface area contributed by atoms with Gasteiger partial charge in [-0.15, -0.1) is 0 Å². The van der Waals surface area contributed by atoms with E-state index in [4.69, 9.17) is 0 Å². The summed E-state index contributed by atoms with van der Waals surface area (Å²) in [7, 11) is 0. The van der Waals surface area contributed by atoms with Gasteiger partial charge < -0.3 is 5.32 Å². The number of rotatable bonds is 5. The number of nitrogens with zero attached hydrogens (tertiary/aromatic N) is 3. The Labute approximate surface area is 210 Å². The van der Waals surface area contributed by atoms with Gasteiger partial charge in [-0.3, -0.25) is 9.59 Å². The number of nitrogens with one attached hydrogen (secondary N) is 1. The van der Waals surface area contributed by atoms with E-state index in [1.807, 2.05) is 42.5 Å². The van der Waals surface area contributed by atoms with Crippen LogP contribution in [0.15, 0.2) is 78.9 Å². The first kappa shape index (κ1) is 23.3. The van der Waals surface area contributed by atoms with Gasteiger partial charge in [-0.25, -0.2) is 4.68 Å². The number of hydrogen-bond acceptors (Lipinski definition) is 4. The third kappa shape index (κ3) is 4.09. The van der Waals surface area contributed by atoms with Crippen molar-refractivity contribution in [3.05, 3.63) is 101 Å². The summed E-state index contributed by atoms with van der Waals surface area (Å²) in [5.74, 6) is -2.77. The third-order valence-corrected chi connectivity index (χ3v) is 6.51. The number of Topliss-reactive ketones (excluding diaryl/α,β-unsaturated/α-hetero) is 1. The highest BCUT2D eigenvalue weighted by molar-refractivity contribution is 6.16. The van der Waals surface area contributed by atoms with Crippen LogP contribution in [-0.4, -0.2) is 21.5 Å². The summed E-state index contributed by atoms with van der Waals surface area (Å²) in [4.78, 5) is 26.5. The Bertz CT molecular complexity index is 1510. The number of carbonyl (C=O) groups excluding carboxylic acids is 2. The zero-order valence-electron chi connectivity index (χ0n) is 20.4. The number of hydrogen-bond donors (Lipinski definition) is 1. The van der Waals surface area contributed by atoms with Crippen LogP contribution in [0.1, 0.15) is 48.0 Å². The maximum Gasteiger partial charge on any atom is 0.249 e. The smallest absolute Gasteiger partial charge is 0.249 e. The van der Waals surface area contributed by atoms with E-state index < -0.39 is 17.6 Å². The van der Waals surface area contributed by atoms with E-state index in [-0.39, 0.29) is 11.1 Å². The van der Waals surface area contributed by atoms with Crippen LogP contribution < -0.4 is 5.32 Å². The van der Waals surface area contributed by atoms with Crippen molar-refractivity contribution < 1.29 is 9.59 Å². The lowest BCUT2D eigenvalue weighted by atomic mass is 9.85. The lowest BCUT2D eigenvalue weighted by molar-refractivity contribution is -0.117. The molecule has 3 aromatic carbocycles. The molecule has 1 atom stereocenters. The van der Waals surface area contributed by atoms with Gasteiger partial charge in [0.2, 0.25) is 11.7 Å². The fourth-order valence-corrected chi connectivity index (χ4v) is 4.57. The minimum absolute atomic E-state index is 0.0462. The summed E-state index contributed by atoms with van der Waals surface area (Å²) in [6.07, 6.45) is 0.515. The molecule has 178 valence electrons. The SMILES string of the molecule is CC(C)(C)c1ccc2c(c1)-c1c(c(C(=O)C(C#N)C(=O)Nc3ccccc3)nn1-c1ccccc1)C2. The Hall–Kier alpha value is -4.50. The average Bonchev–Trinajstić information content (AvgIpc) is 3.42. The van der Waals surface area contributed by atoms with Crippen molar-refractivity contribution in [2.24, 2.45) is 5.92 Å². The number of carbonyl (C=O) groups is 2. The number of ketones is 1. The summed E-state index contributed by atoms with van der Waals surface area (Å²) in [5, 5.41) is 17.2. The molecule has 0 spiro atoms. The van der Waals surface area contributed by atoms with Crippen LogP contribution in [0.4, 0.5) is 5.69 Å². The van der Waals surface area contributed by atoms with E-state index >= 15 is 0 Å². The van der Waals surface area contributed by atoms with Gasteiger partial charge >= 0.3 is 0 Å². The molecule has 1 N–H and O–H groups in total. The molecule has 0 bridgehead atoms. The minimum atomic E-state index is -1.51. The van der Waals surface area contributed by atoms with E-state index in [9.17, 15) is 14.9 Å². The summed E-state index contributed by atoms with van der Waals surface area (Å²) < 4.78 is 1.77. The number of amides is 1. The zero-order valence-corrected chi connectivity index (χ0v) is 20.4. The molecule has 4 aromatic rings. The maximum atomic E-state index is 13.6. The van der Waals surface area contributed by atoms with Gasteiger partial charge in [-0.2, -0.15) is 10.4 Å². The van der Waals surface area contributed by atoms with E-state index in [0.717, 1.165) is 28.1 Å². The maximum absolute atomic E-state index is 13.6. The van der Waals surface area contributed by atoms with Crippen LogP contribution in [0.5, 0.6) is 0 Å². The van der Waals surface area contributed by atoms with E-state index in [1.165, 1.54) is 5.56 Å². The molecule has 1 aliphatic rings. The number of nitriles is 1. The normalized spacial score (nSPS) is 12.8. The molecule has 1 aliphatic carbocycles. The van der Waals surface area contributed by atoms with Crippen LogP contribution >= 0.6 is 0 Å². The molecule has 0 radical (unpaired) electrons. The highest BCUT2D eigenvalue weighted by Crippen LogP contribution is 2.42. The highest BCUT2D eigenvalue weighted by Gasteiger charge is 2.37. The van der Waals surface area contributed by atoms with Gasteiger partial charge in [0.05, 0.1) is 17.5 Å². The van der Waals surface area contributed by atoms with Gasteiger partial charge in [0, 0.05) is 23.2 Å². The molecular weight excluding hydrogens is 448 g/mol. The molecule has 36 heavy (non-hydrogen) atoms. The predicted molar refractivity (Wildman–Crippen MR) is 139 cm³/mol. The number of benzene rings is 3. The van der Waals surface area contributed by atoms with Gasteiger partial charge in [0.15, 0.2) is 5.92 Å². The van der Waals surface area contributed by atoms with Crippen molar-refractivity contribution in [3.63, 3.8) is 0 Å². The average molecular weight is 475 g/mol. The molecule has 0 aliphatic heterocycles. The molecule has 1 unspecified atom stereocenters. The first-order chi connectivity index (χ1) is 17.3. The molecule has 1 heterocycles. The van der Waals surface area contributed by atoms with Crippen LogP contribution in [0.3, 0.4) is 0 Å². The largest absolute Gasteiger partial charge is 0.325 e. The van der Waals surface area contributed by atoms with Crippen LogP contribution in [0, 0.1) is 17.2 Å².